The molecule has 0 aromatic heterocycles. The molecule has 0 atom stereocenters. The third-order valence-corrected chi connectivity index (χ3v) is 2.27. The largest absolute Gasteiger partial charge is 0.508 e. The van der Waals surface area contributed by atoms with Gasteiger partial charge in [-0.1, -0.05) is 92.0 Å². The molecule has 2 N–H and O–H groups in total. The second-order valence-corrected chi connectivity index (χ2v) is 6.05. The standard InChI is InChI=1S/C8H18O.C6H6O.CHCl3/c1-2-3-4-5-6-7-8-9;7-6-4-2-1-3-5-6;2-1(3)4/h9H,2-8H2,1H3;1-5,7H;1H. The van der Waals surface area contributed by atoms with Gasteiger partial charge in [-0.2, -0.15) is 0 Å². The molecule has 1 rings (SSSR count). The fourth-order valence-corrected chi connectivity index (χ4v) is 1.32. The lowest BCUT2D eigenvalue weighted by molar-refractivity contribution is 0.282. The van der Waals surface area contributed by atoms with Crippen molar-refractivity contribution in [1.29, 1.82) is 0 Å². The van der Waals surface area contributed by atoms with E-state index in [0.29, 0.717) is 12.4 Å². The van der Waals surface area contributed by atoms with Gasteiger partial charge < -0.3 is 10.2 Å². The zero-order chi connectivity index (χ0) is 15.6. The van der Waals surface area contributed by atoms with Crippen molar-refractivity contribution in [2.45, 2.75) is 49.7 Å². The molecule has 1 aromatic carbocycles. The number of para-hydroxylation sites is 1. The van der Waals surface area contributed by atoms with Crippen LogP contribution in [-0.4, -0.2) is 21.1 Å². The van der Waals surface area contributed by atoms with Crippen molar-refractivity contribution in [2.24, 2.45) is 0 Å². The summed E-state index contributed by atoms with van der Waals surface area (Å²) in [4.78, 5) is 0. The number of hydrogen-bond acceptors (Lipinski definition) is 2. The molecule has 0 fully saturated rings. The Kier molecular flexibility index (Phi) is 20.9. The summed E-state index contributed by atoms with van der Waals surface area (Å²) in [6.45, 7) is 2.58. The fourth-order valence-electron chi connectivity index (χ4n) is 1.32. The summed E-state index contributed by atoms with van der Waals surface area (Å²) in [7, 11) is 0. The second kappa shape index (κ2) is 18.9. The Labute approximate surface area is 137 Å². The molecule has 5 heteroatoms. The Morgan fingerprint density at radius 1 is 0.900 bits per heavy atom. The SMILES string of the molecule is CCCCCCCCO.ClC(Cl)Cl.Oc1ccccc1. The smallest absolute Gasteiger partial charge is 0.180 e. The van der Waals surface area contributed by atoms with Crippen LogP contribution in [0.3, 0.4) is 0 Å². The van der Waals surface area contributed by atoms with Gasteiger partial charge in [-0.15, -0.1) is 0 Å². The van der Waals surface area contributed by atoms with Crippen LogP contribution in [-0.2, 0) is 0 Å². The van der Waals surface area contributed by atoms with Gasteiger partial charge in [0.05, 0.1) is 0 Å². The van der Waals surface area contributed by atoms with Crippen LogP contribution < -0.4 is 0 Å². The minimum atomic E-state index is -0.750. The van der Waals surface area contributed by atoms with Gasteiger partial charge in [-0.3, -0.25) is 0 Å². The van der Waals surface area contributed by atoms with Crippen LogP contribution in [0.4, 0.5) is 0 Å². The Hall–Kier alpha value is -0.150. The first-order chi connectivity index (χ1) is 9.54. The first-order valence-electron chi connectivity index (χ1n) is 6.81. The number of alkyl halides is 3. The number of halogens is 3. The van der Waals surface area contributed by atoms with E-state index in [1.165, 1.54) is 32.1 Å². The van der Waals surface area contributed by atoms with Gasteiger partial charge in [0.25, 0.3) is 0 Å². The topological polar surface area (TPSA) is 40.5 Å². The predicted octanol–water partition coefficient (Wildman–Crippen LogP) is 5.72. The van der Waals surface area contributed by atoms with Crippen LogP contribution in [0.5, 0.6) is 5.75 Å². The molecule has 118 valence electrons. The Morgan fingerprint density at radius 2 is 1.35 bits per heavy atom. The minimum Gasteiger partial charge on any atom is -0.508 e. The van der Waals surface area contributed by atoms with Crippen molar-refractivity contribution in [3.8, 4) is 5.75 Å². The van der Waals surface area contributed by atoms with Crippen LogP contribution in [0.1, 0.15) is 45.4 Å². The van der Waals surface area contributed by atoms with Crippen LogP contribution in [0, 0.1) is 0 Å². The molecule has 0 saturated heterocycles. The van der Waals surface area contributed by atoms with Crippen molar-refractivity contribution < 1.29 is 10.2 Å². The van der Waals surface area contributed by atoms with Crippen LogP contribution in [0.2, 0.25) is 0 Å². The maximum absolute atomic E-state index is 8.63. The van der Waals surface area contributed by atoms with Gasteiger partial charge >= 0.3 is 0 Å². The highest BCUT2D eigenvalue weighted by Gasteiger charge is 1.86. The Morgan fingerprint density at radius 3 is 1.70 bits per heavy atom. The van der Waals surface area contributed by atoms with E-state index in [1.54, 1.807) is 24.3 Å². The van der Waals surface area contributed by atoms with Crippen molar-refractivity contribution >= 4 is 34.8 Å². The van der Waals surface area contributed by atoms with Crippen molar-refractivity contribution in [3.63, 3.8) is 0 Å². The molecule has 20 heavy (non-hydrogen) atoms. The predicted molar refractivity (Wildman–Crippen MR) is 89.9 cm³/mol. The molecule has 2 nitrogen and oxygen atoms in total. The highest BCUT2D eigenvalue weighted by atomic mass is 35.6. The quantitative estimate of drug-likeness (QED) is 0.512. The molecular weight excluding hydrogens is 319 g/mol. The Bertz CT molecular complexity index is 260. The molecule has 0 radical (unpaired) electrons. The molecule has 0 heterocycles. The number of benzene rings is 1. The van der Waals surface area contributed by atoms with Crippen molar-refractivity contribution in [1.82, 2.24) is 0 Å². The van der Waals surface area contributed by atoms with Crippen molar-refractivity contribution in [2.75, 3.05) is 6.61 Å². The van der Waals surface area contributed by atoms with E-state index in [1.807, 2.05) is 6.07 Å². The first kappa shape index (κ1) is 22.1. The summed E-state index contributed by atoms with van der Waals surface area (Å²) in [5.41, 5.74) is 0. The zero-order valence-corrected chi connectivity index (χ0v) is 14.2. The van der Waals surface area contributed by atoms with Crippen molar-refractivity contribution in [3.05, 3.63) is 30.3 Å². The normalized spacial score (nSPS) is 9.30. The van der Waals surface area contributed by atoms with Gasteiger partial charge in [0.1, 0.15) is 5.75 Å². The molecule has 0 aliphatic carbocycles. The number of unbranched alkanes of at least 4 members (excludes halogenated alkanes) is 5. The summed E-state index contributed by atoms with van der Waals surface area (Å²) < 4.78 is -0.750. The van der Waals surface area contributed by atoms with E-state index in [-0.39, 0.29) is 0 Å². The lowest BCUT2D eigenvalue weighted by Gasteiger charge is -1.95. The number of aromatic hydroxyl groups is 1. The molecular formula is C15H25Cl3O2. The third-order valence-electron chi connectivity index (χ3n) is 2.27. The number of phenols is 1. The summed E-state index contributed by atoms with van der Waals surface area (Å²) >= 11 is 14.4. The van der Waals surface area contributed by atoms with E-state index in [0.717, 1.165) is 6.42 Å². The highest BCUT2D eigenvalue weighted by Crippen LogP contribution is 2.04. The second-order valence-electron chi connectivity index (χ2n) is 4.07. The van der Waals surface area contributed by atoms with Gasteiger partial charge in [-0.05, 0) is 18.6 Å². The van der Waals surface area contributed by atoms with E-state index in [2.05, 4.69) is 6.92 Å². The van der Waals surface area contributed by atoms with Crippen LogP contribution >= 0.6 is 34.8 Å². The third kappa shape index (κ3) is 26.4. The number of aliphatic hydroxyl groups is 1. The van der Waals surface area contributed by atoms with Crippen LogP contribution in [0.15, 0.2) is 30.3 Å². The molecule has 0 aliphatic heterocycles. The summed E-state index contributed by atoms with van der Waals surface area (Å²) in [6.07, 6.45) is 7.50. The maximum Gasteiger partial charge on any atom is 0.180 e. The van der Waals surface area contributed by atoms with Crippen LogP contribution in [0.25, 0.3) is 0 Å². The number of hydrogen-bond donors (Lipinski definition) is 2. The first-order valence-corrected chi connectivity index (χ1v) is 8.12. The minimum absolute atomic E-state index is 0.322. The maximum atomic E-state index is 8.63. The summed E-state index contributed by atoms with van der Waals surface area (Å²) in [6, 6.07) is 8.71. The average Bonchev–Trinajstić information content (AvgIpc) is 2.40. The van der Waals surface area contributed by atoms with Gasteiger partial charge in [-0.25, -0.2) is 0 Å². The highest BCUT2D eigenvalue weighted by molar-refractivity contribution is 6.63. The molecule has 0 saturated carbocycles. The summed E-state index contributed by atoms with van der Waals surface area (Å²) in [5, 5.41) is 17.1. The molecule has 0 spiro atoms. The lowest BCUT2D eigenvalue weighted by Crippen LogP contribution is -1.82. The average molecular weight is 344 g/mol. The van der Waals surface area contributed by atoms with Gasteiger partial charge in [0, 0.05) is 6.61 Å². The molecule has 0 unspecified atom stereocenters. The van der Waals surface area contributed by atoms with E-state index in [4.69, 9.17) is 45.0 Å². The zero-order valence-electron chi connectivity index (χ0n) is 11.9. The van der Waals surface area contributed by atoms with E-state index < -0.39 is 4.30 Å². The lowest BCUT2D eigenvalue weighted by atomic mass is 10.1. The number of phenolic OH excluding ortho intramolecular Hbond substituents is 1. The molecule has 0 amide bonds. The molecule has 1 aromatic rings. The van der Waals surface area contributed by atoms with E-state index in [9.17, 15) is 0 Å². The fraction of sp³-hybridized carbons (Fsp3) is 0.600. The molecule has 0 bridgehead atoms. The number of rotatable bonds is 6. The van der Waals surface area contributed by atoms with Gasteiger partial charge in [0.15, 0.2) is 4.30 Å². The Balaban J connectivity index is 0. The van der Waals surface area contributed by atoms with E-state index >= 15 is 0 Å². The summed E-state index contributed by atoms with van der Waals surface area (Å²) in [5.74, 6) is 0.322. The monoisotopic (exact) mass is 342 g/mol. The molecule has 0 aliphatic rings. The number of aliphatic hydroxyl groups excluding tert-OH is 1. The van der Waals surface area contributed by atoms with Gasteiger partial charge in [0.2, 0.25) is 0 Å².